The van der Waals surface area contributed by atoms with Crippen molar-refractivity contribution in [1.82, 2.24) is 9.88 Å². The molecule has 0 spiro atoms. The van der Waals surface area contributed by atoms with Crippen molar-refractivity contribution in [2.24, 2.45) is 0 Å². The van der Waals surface area contributed by atoms with E-state index in [1.54, 1.807) is 26.0 Å². The highest BCUT2D eigenvalue weighted by molar-refractivity contribution is 7.89. The third-order valence-electron chi connectivity index (χ3n) is 3.56. The summed E-state index contributed by atoms with van der Waals surface area (Å²) in [6.07, 6.45) is 1.73. The second-order valence-electron chi connectivity index (χ2n) is 5.58. The number of carbonyl (C=O) groups excluding carboxylic acids is 1. The maximum atomic E-state index is 12.3. The highest BCUT2D eigenvalue weighted by Crippen LogP contribution is 2.23. The molecule has 0 bridgehead atoms. The molecule has 23 heavy (non-hydrogen) atoms. The zero-order chi connectivity index (χ0) is 16.6. The maximum absolute atomic E-state index is 12.3. The average Bonchev–Trinajstić information content (AvgIpc) is 3.22. The first-order chi connectivity index (χ1) is 10.9. The summed E-state index contributed by atoms with van der Waals surface area (Å²) in [6, 6.07) is 6.17. The van der Waals surface area contributed by atoms with Crippen LogP contribution in [0.15, 0.2) is 33.7 Å². The number of amides is 1. The fourth-order valence-corrected chi connectivity index (χ4v) is 3.58. The van der Waals surface area contributed by atoms with Crippen LogP contribution in [-0.4, -0.2) is 25.5 Å². The minimum Gasteiger partial charge on any atom is -0.361 e. The molecule has 1 aliphatic rings. The first kappa shape index (κ1) is 15.7. The molecule has 1 fully saturated rings. The second-order valence-corrected chi connectivity index (χ2v) is 7.29. The standard InChI is InChI=1S/C15H17N3O4S/c1-9-14(10(2)22-17-9)15(19)16-12-4-3-5-13(8-12)23(20,21)18-11-6-7-11/h3-5,8,11,18H,6-7H2,1-2H3,(H,16,19). The molecule has 0 atom stereocenters. The van der Waals surface area contributed by atoms with Crippen LogP contribution >= 0.6 is 0 Å². The van der Waals surface area contributed by atoms with E-state index in [1.165, 1.54) is 12.1 Å². The van der Waals surface area contributed by atoms with Crippen LogP contribution in [0.2, 0.25) is 0 Å². The predicted molar refractivity (Wildman–Crippen MR) is 83.7 cm³/mol. The van der Waals surface area contributed by atoms with Gasteiger partial charge in [0.05, 0.1) is 10.6 Å². The van der Waals surface area contributed by atoms with E-state index in [0.29, 0.717) is 22.7 Å². The highest BCUT2D eigenvalue weighted by atomic mass is 32.2. The average molecular weight is 335 g/mol. The van der Waals surface area contributed by atoms with Crippen molar-refractivity contribution in [3.05, 3.63) is 41.3 Å². The Kier molecular flexibility index (Phi) is 3.95. The zero-order valence-electron chi connectivity index (χ0n) is 12.8. The highest BCUT2D eigenvalue weighted by Gasteiger charge is 2.28. The van der Waals surface area contributed by atoms with Crippen molar-refractivity contribution in [3.8, 4) is 0 Å². The summed E-state index contributed by atoms with van der Waals surface area (Å²) in [7, 11) is -3.56. The van der Waals surface area contributed by atoms with Gasteiger partial charge in [-0.1, -0.05) is 11.2 Å². The molecular formula is C15H17N3O4S. The smallest absolute Gasteiger partial charge is 0.261 e. The molecule has 8 heteroatoms. The number of sulfonamides is 1. The molecule has 0 aliphatic heterocycles. The molecular weight excluding hydrogens is 318 g/mol. The van der Waals surface area contributed by atoms with Crippen molar-refractivity contribution in [2.45, 2.75) is 37.6 Å². The number of nitrogens with one attached hydrogen (secondary N) is 2. The van der Waals surface area contributed by atoms with Gasteiger partial charge in [0.15, 0.2) is 0 Å². The lowest BCUT2D eigenvalue weighted by atomic mass is 10.2. The van der Waals surface area contributed by atoms with Crippen LogP contribution in [0, 0.1) is 13.8 Å². The van der Waals surface area contributed by atoms with E-state index in [0.717, 1.165) is 12.8 Å². The van der Waals surface area contributed by atoms with Crippen LogP contribution in [0.4, 0.5) is 5.69 Å². The Hall–Kier alpha value is -2.19. The molecule has 0 unspecified atom stereocenters. The Labute approximate surface area is 134 Å². The molecule has 1 heterocycles. The quantitative estimate of drug-likeness (QED) is 0.870. The van der Waals surface area contributed by atoms with Crippen LogP contribution in [0.5, 0.6) is 0 Å². The molecule has 2 aromatic rings. The summed E-state index contributed by atoms with van der Waals surface area (Å²) in [5, 5.41) is 6.41. The number of aromatic nitrogens is 1. The van der Waals surface area contributed by atoms with E-state index in [1.807, 2.05) is 0 Å². The summed E-state index contributed by atoms with van der Waals surface area (Å²) in [6.45, 7) is 3.32. The van der Waals surface area contributed by atoms with E-state index >= 15 is 0 Å². The second kappa shape index (κ2) is 5.78. The van der Waals surface area contributed by atoms with Crippen molar-refractivity contribution in [1.29, 1.82) is 0 Å². The topological polar surface area (TPSA) is 101 Å². The van der Waals surface area contributed by atoms with Crippen molar-refractivity contribution in [3.63, 3.8) is 0 Å². The molecule has 7 nitrogen and oxygen atoms in total. The molecule has 1 aliphatic carbocycles. The summed E-state index contributed by atoms with van der Waals surface area (Å²) >= 11 is 0. The van der Waals surface area contributed by atoms with Crippen LogP contribution in [0.3, 0.4) is 0 Å². The molecule has 0 saturated heterocycles. The van der Waals surface area contributed by atoms with E-state index in [9.17, 15) is 13.2 Å². The van der Waals surface area contributed by atoms with Gasteiger partial charge in [0.1, 0.15) is 11.3 Å². The van der Waals surface area contributed by atoms with Crippen LogP contribution < -0.4 is 10.0 Å². The lowest BCUT2D eigenvalue weighted by Gasteiger charge is -2.09. The minimum absolute atomic E-state index is 0.0283. The summed E-state index contributed by atoms with van der Waals surface area (Å²) in [5.41, 5.74) is 1.24. The largest absolute Gasteiger partial charge is 0.361 e. The van der Waals surface area contributed by atoms with E-state index in [-0.39, 0.29) is 16.8 Å². The monoisotopic (exact) mass is 335 g/mol. The molecule has 2 N–H and O–H groups in total. The van der Waals surface area contributed by atoms with E-state index in [4.69, 9.17) is 4.52 Å². The van der Waals surface area contributed by atoms with Crippen LogP contribution in [0.25, 0.3) is 0 Å². The molecule has 1 aromatic carbocycles. The maximum Gasteiger partial charge on any atom is 0.261 e. The van der Waals surface area contributed by atoms with Crippen LogP contribution in [-0.2, 0) is 10.0 Å². The molecule has 122 valence electrons. The fraction of sp³-hybridized carbons (Fsp3) is 0.333. The van der Waals surface area contributed by atoms with E-state index in [2.05, 4.69) is 15.2 Å². The van der Waals surface area contributed by atoms with E-state index < -0.39 is 10.0 Å². The Bertz CT molecular complexity index is 834. The molecule has 0 radical (unpaired) electrons. The van der Waals surface area contributed by atoms with Gasteiger partial charge in [-0.05, 0) is 44.9 Å². The molecule has 1 amide bonds. The SMILES string of the molecule is Cc1noc(C)c1C(=O)Nc1cccc(S(=O)(=O)NC2CC2)c1. The first-order valence-corrected chi connectivity index (χ1v) is 8.72. The Balaban J connectivity index is 1.81. The van der Waals surface area contributed by atoms with Gasteiger partial charge in [0, 0.05) is 11.7 Å². The van der Waals surface area contributed by atoms with Gasteiger partial charge in [0.2, 0.25) is 10.0 Å². The van der Waals surface area contributed by atoms with Gasteiger partial charge in [-0.15, -0.1) is 0 Å². The van der Waals surface area contributed by atoms with Gasteiger partial charge in [-0.2, -0.15) is 0 Å². The summed E-state index contributed by atoms with van der Waals surface area (Å²) in [4.78, 5) is 12.4. The fourth-order valence-electron chi connectivity index (χ4n) is 2.23. The Morgan fingerprint density at radius 1 is 1.30 bits per heavy atom. The molecule has 3 rings (SSSR count). The third kappa shape index (κ3) is 3.43. The van der Waals surface area contributed by atoms with Gasteiger partial charge < -0.3 is 9.84 Å². The third-order valence-corrected chi connectivity index (χ3v) is 5.08. The number of anilines is 1. The van der Waals surface area contributed by atoms with Crippen molar-refractivity contribution < 1.29 is 17.7 Å². The van der Waals surface area contributed by atoms with Gasteiger partial charge >= 0.3 is 0 Å². The summed E-state index contributed by atoms with van der Waals surface area (Å²) < 4.78 is 32.0. The number of nitrogens with zero attached hydrogens (tertiary/aromatic N) is 1. The lowest BCUT2D eigenvalue weighted by Crippen LogP contribution is -2.25. The minimum atomic E-state index is -3.56. The predicted octanol–water partition coefficient (Wildman–Crippen LogP) is 1.98. The molecule has 1 aromatic heterocycles. The van der Waals surface area contributed by atoms with Crippen molar-refractivity contribution in [2.75, 3.05) is 5.32 Å². The summed E-state index contributed by atoms with van der Waals surface area (Å²) in [5.74, 6) is 0.0325. The molecule has 1 saturated carbocycles. The van der Waals surface area contributed by atoms with Gasteiger partial charge in [0.25, 0.3) is 5.91 Å². The number of aryl methyl sites for hydroxylation is 2. The number of carbonyl (C=O) groups is 1. The first-order valence-electron chi connectivity index (χ1n) is 7.23. The van der Waals surface area contributed by atoms with Crippen molar-refractivity contribution >= 4 is 21.6 Å². The number of hydrogen-bond acceptors (Lipinski definition) is 5. The van der Waals surface area contributed by atoms with Crippen LogP contribution in [0.1, 0.15) is 34.7 Å². The van der Waals surface area contributed by atoms with Gasteiger partial charge in [-0.25, -0.2) is 13.1 Å². The van der Waals surface area contributed by atoms with Gasteiger partial charge in [-0.3, -0.25) is 4.79 Å². The number of benzene rings is 1. The number of hydrogen-bond donors (Lipinski definition) is 2. The zero-order valence-corrected chi connectivity index (χ0v) is 13.6. The Morgan fingerprint density at radius 3 is 2.65 bits per heavy atom. The number of rotatable bonds is 5. The lowest BCUT2D eigenvalue weighted by molar-refractivity contribution is 0.102. The normalized spacial score (nSPS) is 14.7. The Morgan fingerprint density at radius 2 is 2.04 bits per heavy atom.